The van der Waals surface area contributed by atoms with Crippen LogP contribution in [0.25, 0.3) is 0 Å². The number of Topliss-reactive ketones (excluding diaryl/α,β-unsaturated/α-hetero) is 1. The van der Waals surface area contributed by atoms with E-state index in [9.17, 15) is 9.59 Å². The van der Waals surface area contributed by atoms with Crippen molar-refractivity contribution in [3.05, 3.63) is 34.9 Å². The van der Waals surface area contributed by atoms with Crippen LogP contribution in [0.2, 0.25) is 0 Å². The van der Waals surface area contributed by atoms with Crippen molar-refractivity contribution >= 4 is 11.8 Å². The molecular weight excluding hydrogens is 216 g/mol. The molecule has 0 N–H and O–H groups in total. The topological polar surface area (TPSA) is 43.4 Å². The fraction of sp³-hybridized carbons (Fsp3) is 0.429. The van der Waals surface area contributed by atoms with E-state index in [2.05, 4.69) is 11.7 Å². The van der Waals surface area contributed by atoms with Crippen molar-refractivity contribution in [1.29, 1.82) is 0 Å². The van der Waals surface area contributed by atoms with Gasteiger partial charge in [0, 0.05) is 5.56 Å². The minimum absolute atomic E-state index is 0.163. The zero-order valence-corrected chi connectivity index (χ0v) is 10.6. The highest BCUT2D eigenvalue weighted by molar-refractivity contribution is 6.06. The molecule has 17 heavy (non-hydrogen) atoms. The first-order valence-corrected chi connectivity index (χ1v) is 5.84. The van der Waals surface area contributed by atoms with Gasteiger partial charge in [0.05, 0.1) is 7.11 Å². The summed E-state index contributed by atoms with van der Waals surface area (Å²) in [5.74, 6) is -0.650. The lowest BCUT2D eigenvalue weighted by atomic mass is 9.94. The number of rotatable bonds is 5. The summed E-state index contributed by atoms with van der Waals surface area (Å²) in [6.45, 7) is 4.08. The highest BCUT2D eigenvalue weighted by atomic mass is 16.5. The van der Waals surface area contributed by atoms with E-state index >= 15 is 0 Å². The van der Waals surface area contributed by atoms with Gasteiger partial charge in [0.15, 0.2) is 5.78 Å². The van der Waals surface area contributed by atoms with Gasteiger partial charge in [-0.3, -0.25) is 9.59 Å². The zero-order chi connectivity index (χ0) is 12.8. The second-order valence-electron chi connectivity index (χ2n) is 3.83. The monoisotopic (exact) mass is 234 g/mol. The van der Waals surface area contributed by atoms with E-state index < -0.39 is 5.97 Å². The summed E-state index contributed by atoms with van der Waals surface area (Å²) in [5.41, 5.74) is 2.87. The molecule has 0 bridgehead atoms. The van der Waals surface area contributed by atoms with Crippen LogP contribution < -0.4 is 0 Å². The van der Waals surface area contributed by atoms with Crippen molar-refractivity contribution in [2.45, 2.75) is 33.1 Å². The lowest BCUT2D eigenvalue weighted by molar-refractivity contribution is -0.139. The van der Waals surface area contributed by atoms with Gasteiger partial charge in [-0.05, 0) is 24.0 Å². The van der Waals surface area contributed by atoms with Crippen LogP contribution in [0.3, 0.4) is 0 Å². The van der Waals surface area contributed by atoms with Crippen LogP contribution in [-0.4, -0.2) is 18.9 Å². The molecule has 0 saturated heterocycles. The molecule has 1 aromatic rings. The molecule has 0 aliphatic heterocycles. The number of hydrogen-bond acceptors (Lipinski definition) is 3. The highest BCUT2D eigenvalue weighted by Gasteiger charge is 2.16. The lowest BCUT2D eigenvalue weighted by Gasteiger charge is -2.11. The molecule has 1 aromatic carbocycles. The molecule has 0 aliphatic carbocycles. The Kier molecular flexibility index (Phi) is 4.88. The molecule has 0 fully saturated rings. The number of methoxy groups -OCH3 is 1. The summed E-state index contributed by atoms with van der Waals surface area (Å²) in [6.07, 6.45) is 1.51. The number of carbonyl (C=O) groups excluding carboxylic acids is 2. The maximum absolute atomic E-state index is 12.0. The second-order valence-corrected chi connectivity index (χ2v) is 3.83. The van der Waals surface area contributed by atoms with Gasteiger partial charge in [0.25, 0.3) is 0 Å². The van der Waals surface area contributed by atoms with Crippen LogP contribution in [0.5, 0.6) is 0 Å². The van der Waals surface area contributed by atoms with Crippen molar-refractivity contribution in [3.63, 3.8) is 0 Å². The minimum Gasteiger partial charge on any atom is -0.469 e. The molecule has 0 spiro atoms. The van der Waals surface area contributed by atoms with E-state index in [0.717, 1.165) is 18.4 Å². The number of hydrogen-bond donors (Lipinski definition) is 0. The number of ketones is 1. The number of aryl methyl sites for hydroxylation is 1. The lowest BCUT2D eigenvalue weighted by Crippen LogP contribution is -2.12. The molecule has 0 aliphatic rings. The molecule has 1 rings (SSSR count). The van der Waals surface area contributed by atoms with Gasteiger partial charge in [-0.1, -0.05) is 32.0 Å². The standard InChI is InChI=1S/C14H18O3/c1-4-10-7-6-8-12(11(10)5-2)13(15)9-14(16)17-3/h6-8H,4-5,9H2,1-3H3. The number of ether oxygens (including phenoxy) is 1. The van der Waals surface area contributed by atoms with Crippen LogP contribution in [-0.2, 0) is 22.4 Å². The Labute approximate surface area is 102 Å². The third kappa shape index (κ3) is 3.16. The molecule has 0 atom stereocenters. The van der Waals surface area contributed by atoms with Crippen molar-refractivity contribution < 1.29 is 14.3 Å². The van der Waals surface area contributed by atoms with Gasteiger partial charge < -0.3 is 4.74 Å². The molecule has 0 unspecified atom stereocenters. The fourth-order valence-corrected chi connectivity index (χ4v) is 1.94. The number of carbonyl (C=O) groups is 2. The van der Waals surface area contributed by atoms with Gasteiger partial charge in [0.2, 0.25) is 0 Å². The zero-order valence-electron chi connectivity index (χ0n) is 10.6. The van der Waals surface area contributed by atoms with E-state index in [4.69, 9.17) is 0 Å². The molecule has 92 valence electrons. The first-order chi connectivity index (χ1) is 8.13. The maximum atomic E-state index is 12.0. The van der Waals surface area contributed by atoms with Gasteiger partial charge >= 0.3 is 5.97 Å². The van der Waals surface area contributed by atoms with Crippen molar-refractivity contribution in [2.75, 3.05) is 7.11 Å². The van der Waals surface area contributed by atoms with Gasteiger partial charge in [-0.15, -0.1) is 0 Å². The highest BCUT2D eigenvalue weighted by Crippen LogP contribution is 2.18. The summed E-state index contributed by atoms with van der Waals surface area (Å²) < 4.78 is 4.51. The van der Waals surface area contributed by atoms with E-state index in [1.807, 2.05) is 19.1 Å². The summed E-state index contributed by atoms with van der Waals surface area (Å²) in [6, 6.07) is 5.67. The smallest absolute Gasteiger partial charge is 0.313 e. The molecule has 0 saturated carbocycles. The summed E-state index contributed by atoms with van der Waals surface area (Å²) in [5, 5.41) is 0. The quantitative estimate of drug-likeness (QED) is 0.447. The Bertz CT molecular complexity index is 421. The van der Waals surface area contributed by atoms with Crippen LogP contribution in [0.4, 0.5) is 0 Å². The molecule has 0 aromatic heterocycles. The van der Waals surface area contributed by atoms with Crippen LogP contribution in [0, 0.1) is 0 Å². The summed E-state index contributed by atoms with van der Waals surface area (Å²) in [7, 11) is 1.29. The van der Waals surface area contributed by atoms with E-state index in [1.54, 1.807) is 6.07 Å². The van der Waals surface area contributed by atoms with Gasteiger partial charge in [-0.25, -0.2) is 0 Å². The van der Waals surface area contributed by atoms with Crippen molar-refractivity contribution in [1.82, 2.24) is 0 Å². The maximum Gasteiger partial charge on any atom is 0.313 e. The van der Waals surface area contributed by atoms with Crippen LogP contribution >= 0.6 is 0 Å². The number of esters is 1. The predicted octanol–water partition coefficient (Wildman–Crippen LogP) is 2.56. The average molecular weight is 234 g/mol. The molecular formula is C14H18O3. The third-order valence-electron chi connectivity index (χ3n) is 2.84. The Hall–Kier alpha value is -1.64. The van der Waals surface area contributed by atoms with E-state index in [0.29, 0.717) is 5.56 Å². The molecule has 3 heteroatoms. The first kappa shape index (κ1) is 13.4. The molecule has 3 nitrogen and oxygen atoms in total. The van der Waals surface area contributed by atoms with Crippen molar-refractivity contribution in [2.24, 2.45) is 0 Å². The fourth-order valence-electron chi connectivity index (χ4n) is 1.94. The minimum atomic E-state index is -0.487. The molecule has 0 heterocycles. The summed E-state index contributed by atoms with van der Waals surface area (Å²) in [4.78, 5) is 23.1. The number of benzene rings is 1. The first-order valence-electron chi connectivity index (χ1n) is 5.84. The van der Waals surface area contributed by atoms with E-state index in [1.165, 1.54) is 12.7 Å². The third-order valence-corrected chi connectivity index (χ3v) is 2.84. The SMILES string of the molecule is CCc1cccc(C(=O)CC(=O)OC)c1CC. The van der Waals surface area contributed by atoms with Crippen LogP contribution in [0.1, 0.15) is 41.8 Å². The Morgan fingerprint density at radius 1 is 1.18 bits per heavy atom. The van der Waals surface area contributed by atoms with Gasteiger partial charge in [-0.2, -0.15) is 0 Å². The van der Waals surface area contributed by atoms with Crippen LogP contribution in [0.15, 0.2) is 18.2 Å². The normalized spacial score (nSPS) is 10.1. The largest absolute Gasteiger partial charge is 0.469 e. The second kappa shape index (κ2) is 6.18. The van der Waals surface area contributed by atoms with Crippen molar-refractivity contribution in [3.8, 4) is 0 Å². The molecule has 0 amide bonds. The van der Waals surface area contributed by atoms with E-state index in [-0.39, 0.29) is 12.2 Å². The Morgan fingerprint density at radius 3 is 2.41 bits per heavy atom. The predicted molar refractivity (Wildman–Crippen MR) is 66.2 cm³/mol. The average Bonchev–Trinajstić information content (AvgIpc) is 2.37. The Balaban J connectivity index is 3.04. The molecule has 0 radical (unpaired) electrons. The summed E-state index contributed by atoms with van der Waals surface area (Å²) >= 11 is 0. The Morgan fingerprint density at radius 2 is 1.88 bits per heavy atom. The van der Waals surface area contributed by atoms with Gasteiger partial charge in [0.1, 0.15) is 6.42 Å².